The molecule has 0 unspecified atom stereocenters. The number of hydrogen-bond donors (Lipinski definition) is 1. The Balaban J connectivity index is 1.95. The third-order valence-electron chi connectivity index (χ3n) is 4.67. The second-order valence-electron chi connectivity index (χ2n) is 6.81. The van der Waals surface area contributed by atoms with Gasteiger partial charge in [-0.2, -0.15) is 0 Å². The van der Waals surface area contributed by atoms with Crippen LogP contribution in [0.5, 0.6) is 5.75 Å². The van der Waals surface area contributed by atoms with Crippen molar-refractivity contribution >= 4 is 25.7 Å². The number of pyridine rings is 1. The van der Waals surface area contributed by atoms with Crippen LogP contribution in [0.4, 0.5) is 5.69 Å². The van der Waals surface area contributed by atoms with Crippen LogP contribution in [-0.2, 0) is 26.6 Å². The van der Waals surface area contributed by atoms with E-state index >= 15 is 0 Å². The molecule has 0 amide bonds. The van der Waals surface area contributed by atoms with Gasteiger partial charge in [0.2, 0.25) is 10.0 Å². The van der Waals surface area contributed by atoms with Gasteiger partial charge in [-0.05, 0) is 48.9 Å². The fourth-order valence-electron chi connectivity index (χ4n) is 2.85. The van der Waals surface area contributed by atoms with E-state index in [0.29, 0.717) is 5.56 Å². The van der Waals surface area contributed by atoms with Crippen molar-refractivity contribution in [1.29, 1.82) is 0 Å². The van der Waals surface area contributed by atoms with Gasteiger partial charge in [0.15, 0.2) is 0 Å². The lowest BCUT2D eigenvalue weighted by Gasteiger charge is -2.22. The normalized spacial score (nSPS) is 11.8. The second kappa shape index (κ2) is 9.04. The molecule has 31 heavy (non-hydrogen) atoms. The maximum atomic E-state index is 13.1. The molecule has 1 aromatic heterocycles. The third kappa shape index (κ3) is 5.04. The van der Waals surface area contributed by atoms with Crippen molar-refractivity contribution in [3.8, 4) is 5.75 Å². The fourth-order valence-corrected chi connectivity index (χ4v) is 5.08. The summed E-state index contributed by atoms with van der Waals surface area (Å²) in [7, 11) is -5.10. The summed E-state index contributed by atoms with van der Waals surface area (Å²) >= 11 is 0. The highest BCUT2D eigenvalue weighted by Gasteiger charge is 2.26. The summed E-state index contributed by atoms with van der Waals surface area (Å²) in [5.74, 6) is 0.226. The number of sulfonamides is 2. The molecule has 8 nitrogen and oxygen atoms in total. The van der Waals surface area contributed by atoms with E-state index < -0.39 is 20.0 Å². The molecule has 3 rings (SSSR count). The van der Waals surface area contributed by atoms with Crippen LogP contribution in [0.2, 0.25) is 0 Å². The van der Waals surface area contributed by atoms with Crippen LogP contribution in [0.25, 0.3) is 0 Å². The molecule has 10 heteroatoms. The number of methoxy groups -OCH3 is 1. The number of nitrogens with zero attached hydrogens (tertiary/aromatic N) is 2. The maximum Gasteiger partial charge on any atom is 0.264 e. The summed E-state index contributed by atoms with van der Waals surface area (Å²) in [6.07, 6.45) is 3.15. The van der Waals surface area contributed by atoms with Crippen LogP contribution in [0.1, 0.15) is 11.1 Å². The molecule has 0 aliphatic carbocycles. The van der Waals surface area contributed by atoms with Gasteiger partial charge in [0.05, 0.1) is 22.6 Å². The molecular weight excluding hydrogens is 438 g/mol. The first-order valence-corrected chi connectivity index (χ1v) is 12.2. The lowest BCUT2D eigenvalue weighted by atomic mass is 10.2. The highest BCUT2D eigenvalue weighted by atomic mass is 32.2. The van der Waals surface area contributed by atoms with Crippen molar-refractivity contribution in [2.45, 2.75) is 23.3 Å². The van der Waals surface area contributed by atoms with Gasteiger partial charge in [0.25, 0.3) is 10.0 Å². The van der Waals surface area contributed by atoms with Crippen molar-refractivity contribution in [3.63, 3.8) is 0 Å². The number of anilines is 1. The molecule has 1 heterocycles. The Labute approximate surface area is 182 Å². The smallest absolute Gasteiger partial charge is 0.264 e. The average molecular weight is 462 g/mol. The first-order valence-electron chi connectivity index (χ1n) is 9.27. The van der Waals surface area contributed by atoms with Crippen LogP contribution in [0.15, 0.2) is 76.8 Å². The van der Waals surface area contributed by atoms with E-state index in [0.717, 1.165) is 9.87 Å². The molecule has 0 fully saturated rings. The molecular formula is C21H23N3O5S2. The zero-order chi connectivity index (χ0) is 22.6. The molecule has 1 N–H and O–H groups in total. The van der Waals surface area contributed by atoms with Crippen LogP contribution < -0.4 is 13.8 Å². The Morgan fingerprint density at radius 2 is 1.68 bits per heavy atom. The molecule has 164 valence electrons. The number of ether oxygens (including phenoxy) is 1. The fraction of sp³-hybridized carbons (Fsp3) is 0.190. The lowest BCUT2D eigenvalue weighted by Crippen LogP contribution is -2.28. The van der Waals surface area contributed by atoms with Crippen molar-refractivity contribution in [1.82, 2.24) is 9.71 Å². The van der Waals surface area contributed by atoms with E-state index in [2.05, 4.69) is 9.71 Å². The van der Waals surface area contributed by atoms with Gasteiger partial charge in [-0.25, -0.2) is 21.6 Å². The average Bonchev–Trinajstić information content (AvgIpc) is 2.77. The summed E-state index contributed by atoms with van der Waals surface area (Å²) in [5.41, 5.74) is 1.72. The third-order valence-corrected chi connectivity index (χ3v) is 7.85. The SMILES string of the molecule is COc1ccc(S(=O)(=O)NCc2cccnc2)cc1N(C)S(=O)(=O)c1ccc(C)cc1. The van der Waals surface area contributed by atoms with E-state index in [1.807, 2.05) is 6.92 Å². The minimum Gasteiger partial charge on any atom is -0.495 e. The van der Waals surface area contributed by atoms with Crippen LogP contribution in [0.3, 0.4) is 0 Å². The van der Waals surface area contributed by atoms with Gasteiger partial charge >= 0.3 is 0 Å². The van der Waals surface area contributed by atoms with Gasteiger partial charge < -0.3 is 4.74 Å². The molecule has 0 saturated carbocycles. The first kappa shape index (κ1) is 22.7. The highest BCUT2D eigenvalue weighted by molar-refractivity contribution is 7.92. The molecule has 0 spiro atoms. The number of nitrogens with one attached hydrogen (secondary N) is 1. The van der Waals surface area contributed by atoms with E-state index in [4.69, 9.17) is 4.74 Å². The van der Waals surface area contributed by atoms with E-state index in [1.165, 1.54) is 44.5 Å². The zero-order valence-corrected chi connectivity index (χ0v) is 18.9. The van der Waals surface area contributed by atoms with E-state index in [9.17, 15) is 16.8 Å². The predicted octanol–water partition coefficient (Wildman–Crippen LogP) is 2.70. The topological polar surface area (TPSA) is 106 Å². The van der Waals surface area contributed by atoms with Gasteiger partial charge in [0, 0.05) is 26.0 Å². The highest BCUT2D eigenvalue weighted by Crippen LogP contribution is 2.33. The first-order chi connectivity index (χ1) is 14.6. The summed E-state index contributed by atoms with van der Waals surface area (Å²) < 4.78 is 60.5. The minimum absolute atomic E-state index is 0.0506. The summed E-state index contributed by atoms with van der Waals surface area (Å²) in [6.45, 7) is 1.91. The lowest BCUT2D eigenvalue weighted by molar-refractivity contribution is 0.415. The van der Waals surface area contributed by atoms with Crippen molar-refractivity contribution < 1.29 is 21.6 Å². The Kier molecular flexibility index (Phi) is 6.63. The Bertz CT molecular complexity index is 1260. The van der Waals surface area contributed by atoms with Gasteiger partial charge in [0.1, 0.15) is 5.75 Å². The van der Waals surface area contributed by atoms with Crippen LogP contribution in [0, 0.1) is 6.92 Å². The van der Waals surface area contributed by atoms with Crippen LogP contribution >= 0.6 is 0 Å². The number of hydrogen-bond acceptors (Lipinski definition) is 6. The largest absolute Gasteiger partial charge is 0.495 e. The molecule has 3 aromatic rings. The Morgan fingerprint density at radius 3 is 2.29 bits per heavy atom. The maximum absolute atomic E-state index is 13.1. The van der Waals surface area contributed by atoms with Crippen molar-refractivity contribution in [3.05, 3.63) is 78.1 Å². The van der Waals surface area contributed by atoms with Gasteiger partial charge in [-0.1, -0.05) is 23.8 Å². The van der Waals surface area contributed by atoms with Gasteiger partial charge in [-0.3, -0.25) is 9.29 Å². The summed E-state index contributed by atoms with van der Waals surface area (Å²) in [5, 5.41) is 0. The molecule has 0 aliphatic rings. The molecule has 2 aromatic carbocycles. The monoisotopic (exact) mass is 461 g/mol. The molecule has 0 saturated heterocycles. The quantitative estimate of drug-likeness (QED) is 0.553. The molecule has 0 atom stereocenters. The zero-order valence-electron chi connectivity index (χ0n) is 17.3. The summed E-state index contributed by atoms with van der Waals surface area (Å²) in [6, 6.07) is 13.9. The Hall–Kier alpha value is -2.95. The standard InChI is InChI=1S/C21H23N3O5S2/c1-16-6-8-18(9-7-16)31(27,28)24(2)20-13-19(10-11-21(20)29-3)30(25,26)23-15-17-5-4-12-22-14-17/h4-14,23H,15H2,1-3H3. The number of rotatable bonds is 8. The van der Waals surface area contributed by atoms with Crippen molar-refractivity contribution in [2.75, 3.05) is 18.5 Å². The van der Waals surface area contributed by atoms with E-state index in [1.54, 1.807) is 36.7 Å². The van der Waals surface area contributed by atoms with Crippen molar-refractivity contribution in [2.24, 2.45) is 0 Å². The van der Waals surface area contributed by atoms with Crippen LogP contribution in [-0.4, -0.2) is 36.0 Å². The van der Waals surface area contributed by atoms with E-state index in [-0.39, 0.29) is 27.8 Å². The summed E-state index contributed by atoms with van der Waals surface area (Å²) in [4.78, 5) is 3.96. The molecule has 0 aliphatic heterocycles. The molecule has 0 bridgehead atoms. The van der Waals surface area contributed by atoms with Gasteiger partial charge in [-0.15, -0.1) is 0 Å². The predicted molar refractivity (Wildman–Crippen MR) is 118 cm³/mol. The molecule has 0 radical (unpaired) electrons. The minimum atomic E-state index is -3.93. The number of aromatic nitrogens is 1. The number of aryl methyl sites for hydroxylation is 1. The number of benzene rings is 2. The Morgan fingerprint density at radius 1 is 1.00 bits per heavy atom. The second-order valence-corrected chi connectivity index (χ2v) is 10.5.